The number of aromatic nitrogens is 5. The van der Waals surface area contributed by atoms with Gasteiger partial charge in [0, 0.05) is 30.4 Å². The normalized spacial score (nSPS) is 12.6. The van der Waals surface area contributed by atoms with Crippen LogP contribution in [0.25, 0.3) is 22.5 Å². The number of imidazole rings is 1. The zero-order valence-corrected chi connectivity index (χ0v) is 15.1. The lowest BCUT2D eigenvalue weighted by molar-refractivity contribution is 0.411. The average Bonchev–Trinajstić information content (AvgIpc) is 3.12. The molecule has 0 N–H and O–H groups in total. The van der Waals surface area contributed by atoms with Gasteiger partial charge in [-0.25, -0.2) is 19.5 Å². The van der Waals surface area contributed by atoms with Crippen LogP contribution in [0, 0.1) is 6.92 Å². The predicted octanol–water partition coefficient (Wildman–Crippen LogP) is 1.48. The van der Waals surface area contributed by atoms with Gasteiger partial charge in [0.25, 0.3) is 5.56 Å². The van der Waals surface area contributed by atoms with Gasteiger partial charge in [0.15, 0.2) is 5.65 Å². The summed E-state index contributed by atoms with van der Waals surface area (Å²) in [5.74, 6) is 1.08. The highest BCUT2D eigenvalue weighted by molar-refractivity contribution is 7.84. The summed E-state index contributed by atoms with van der Waals surface area (Å²) in [6, 6.07) is 5.48. The summed E-state index contributed by atoms with van der Waals surface area (Å²) in [4.78, 5) is 25.9. The van der Waals surface area contributed by atoms with Gasteiger partial charge in [0.1, 0.15) is 11.1 Å². The van der Waals surface area contributed by atoms with Crippen molar-refractivity contribution in [1.82, 2.24) is 23.9 Å². The molecule has 0 aliphatic carbocycles. The third-order valence-corrected chi connectivity index (χ3v) is 4.91. The Kier molecular flexibility index (Phi) is 3.80. The number of ether oxygens (including phenoxy) is 1. The van der Waals surface area contributed by atoms with Gasteiger partial charge in [-0.2, -0.15) is 0 Å². The first-order valence-electron chi connectivity index (χ1n) is 7.75. The fourth-order valence-electron chi connectivity index (χ4n) is 2.95. The molecule has 8 nitrogen and oxygen atoms in total. The molecule has 0 aliphatic rings. The zero-order chi connectivity index (χ0) is 18.4. The molecular formula is C17H15N5O3S. The Balaban J connectivity index is 2.16. The summed E-state index contributed by atoms with van der Waals surface area (Å²) in [6.45, 7) is 1.88. The largest absolute Gasteiger partial charge is 0.496 e. The second-order valence-electron chi connectivity index (χ2n) is 5.69. The summed E-state index contributed by atoms with van der Waals surface area (Å²) in [5.41, 5.74) is 1.55. The summed E-state index contributed by atoms with van der Waals surface area (Å²) in [5, 5.41) is 0.481. The Bertz CT molecular complexity index is 1240. The van der Waals surface area contributed by atoms with Gasteiger partial charge in [-0.1, -0.05) is 6.07 Å². The van der Waals surface area contributed by atoms with Crippen LogP contribution in [0.3, 0.4) is 0 Å². The maximum Gasteiger partial charge on any atom is 0.270 e. The van der Waals surface area contributed by atoms with Gasteiger partial charge in [-0.15, -0.1) is 0 Å². The monoisotopic (exact) mass is 369 g/mol. The minimum atomic E-state index is -1.35. The molecule has 0 saturated heterocycles. The quantitative estimate of drug-likeness (QED) is 0.508. The molecule has 4 aromatic rings. The molecule has 3 heterocycles. The highest BCUT2D eigenvalue weighted by Gasteiger charge is 2.18. The van der Waals surface area contributed by atoms with E-state index in [0.717, 1.165) is 5.56 Å². The van der Waals surface area contributed by atoms with Crippen LogP contribution in [-0.4, -0.2) is 41.5 Å². The lowest BCUT2D eigenvalue weighted by Gasteiger charge is -2.14. The van der Waals surface area contributed by atoms with Crippen molar-refractivity contribution in [2.45, 2.75) is 12.1 Å². The number of fused-ring (bicyclic) bond motifs is 3. The van der Waals surface area contributed by atoms with E-state index in [9.17, 15) is 9.00 Å². The molecule has 26 heavy (non-hydrogen) atoms. The van der Waals surface area contributed by atoms with Crippen molar-refractivity contribution >= 4 is 27.6 Å². The number of methoxy groups -OCH3 is 1. The number of benzene rings is 1. The second kappa shape index (κ2) is 6.03. The average molecular weight is 369 g/mol. The van der Waals surface area contributed by atoms with Gasteiger partial charge >= 0.3 is 0 Å². The van der Waals surface area contributed by atoms with Crippen molar-refractivity contribution in [3.05, 3.63) is 52.7 Å². The van der Waals surface area contributed by atoms with Crippen LogP contribution < -0.4 is 10.3 Å². The van der Waals surface area contributed by atoms with Crippen LogP contribution in [0.2, 0.25) is 0 Å². The van der Waals surface area contributed by atoms with Gasteiger partial charge in [-0.3, -0.25) is 13.4 Å². The van der Waals surface area contributed by atoms with Crippen molar-refractivity contribution in [3.63, 3.8) is 0 Å². The summed E-state index contributed by atoms with van der Waals surface area (Å²) < 4.78 is 20.3. The highest BCUT2D eigenvalue weighted by atomic mass is 32.2. The molecular weight excluding hydrogens is 354 g/mol. The minimum Gasteiger partial charge on any atom is -0.496 e. The molecule has 0 bridgehead atoms. The molecule has 4 rings (SSSR count). The van der Waals surface area contributed by atoms with Crippen LogP contribution in [-0.2, 0) is 10.8 Å². The zero-order valence-electron chi connectivity index (χ0n) is 14.3. The molecule has 0 saturated carbocycles. The molecule has 132 valence electrons. The van der Waals surface area contributed by atoms with Crippen LogP contribution >= 0.6 is 0 Å². The molecule has 0 aliphatic heterocycles. The molecule has 1 atom stereocenters. The predicted molar refractivity (Wildman–Crippen MR) is 97.5 cm³/mol. The minimum absolute atomic E-state index is 0.169. The van der Waals surface area contributed by atoms with Gasteiger partial charge in [0.05, 0.1) is 23.6 Å². The number of nitrogens with zero attached hydrogens (tertiary/aromatic N) is 5. The Labute approximate surface area is 150 Å². The van der Waals surface area contributed by atoms with Crippen molar-refractivity contribution in [1.29, 1.82) is 0 Å². The lowest BCUT2D eigenvalue weighted by atomic mass is 10.1. The first-order chi connectivity index (χ1) is 12.5. The Morgan fingerprint density at radius 3 is 2.77 bits per heavy atom. The van der Waals surface area contributed by atoms with Crippen molar-refractivity contribution in [2.75, 3.05) is 13.4 Å². The van der Waals surface area contributed by atoms with E-state index in [1.807, 2.05) is 25.1 Å². The second-order valence-corrected chi connectivity index (χ2v) is 6.96. The fraction of sp³-hybridized carbons (Fsp3) is 0.176. The van der Waals surface area contributed by atoms with E-state index in [1.54, 1.807) is 23.9 Å². The lowest BCUT2D eigenvalue weighted by Crippen LogP contribution is -2.23. The standard InChI is InChI=1S/C17H15N5O3S/c1-10-12(5-4-6-13(10)25-2)22-15(23)11-9-19-16(26(3)24)20-14(11)21-8-7-18-17(21)22/h4-9H,1-3H3. The third kappa shape index (κ3) is 2.31. The molecule has 1 aromatic carbocycles. The van der Waals surface area contributed by atoms with Crippen LogP contribution in [0.4, 0.5) is 0 Å². The van der Waals surface area contributed by atoms with Crippen LogP contribution in [0.5, 0.6) is 5.75 Å². The molecule has 9 heteroatoms. The van der Waals surface area contributed by atoms with Crippen molar-refractivity contribution < 1.29 is 8.95 Å². The number of hydrogen-bond donors (Lipinski definition) is 0. The third-order valence-electron chi connectivity index (χ3n) is 4.20. The van der Waals surface area contributed by atoms with E-state index in [2.05, 4.69) is 15.0 Å². The molecule has 0 amide bonds. The fourth-order valence-corrected chi connectivity index (χ4v) is 3.37. The molecule has 3 aromatic heterocycles. The SMILES string of the molecule is COc1cccc(-n2c(=O)c3cnc(S(C)=O)nc3n3ccnc23)c1C. The van der Waals surface area contributed by atoms with Gasteiger partial charge in [0.2, 0.25) is 10.9 Å². The van der Waals surface area contributed by atoms with Gasteiger partial charge < -0.3 is 4.74 Å². The highest BCUT2D eigenvalue weighted by Crippen LogP contribution is 2.25. The van der Waals surface area contributed by atoms with E-state index >= 15 is 0 Å². The van der Waals surface area contributed by atoms with Gasteiger partial charge in [-0.05, 0) is 19.1 Å². The van der Waals surface area contributed by atoms with Crippen LogP contribution in [0.15, 0.2) is 46.7 Å². The van der Waals surface area contributed by atoms with E-state index < -0.39 is 10.8 Å². The molecule has 0 fully saturated rings. The maximum atomic E-state index is 13.2. The molecule has 0 spiro atoms. The first kappa shape index (κ1) is 16.4. The summed E-state index contributed by atoms with van der Waals surface area (Å²) in [6.07, 6.45) is 6.20. The van der Waals surface area contributed by atoms with E-state index in [1.165, 1.54) is 17.0 Å². The van der Waals surface area contributed by atoms with Crippen molar-refractivity contribution in [2.24, 2.45) is 0 Å². The maximum absolute atomic E-state index is 13.2. The molecule has 0 radical (unpaired) electrons. The summed E-state index contributed by atoms with van der Waals surface area (Å²) in [7, 11) is 0.231. The van der Waals surface area contributed by atoms with E-state index in [4.69, 9.17) is 4.74 Å². The summed E-state index contributed by atoms with van der Waals surface area (Å²) >= 11 is 0. The Morgan fingerprint density at radius 2 is 2.04 bits per heavy atom. The Morgan fingerprint density at radius 1 is 1.23 bits per heavy atom. The Hall–Kier alpha value is -3.07. The van der Waals surface area contributed by atoms with E-state index in [0.29, 0.717) is 28.2 Å². The first-order valence-corrected chi connectivity index (χ1v) is 9.31. The number of hydrogen-bond acceptors (Lipinski definition) is 6. The molecule has 1 unspecified atom stereocenters. The van der Waals surface area contributed by atoms with Crippen molar-refractivity contribution in [3.8, 4) is 11.4 Å². The number of rotatable bonds is 3. The van der Waals surface area contributed by atoms with E-state index in [-0.39, 0.29) is 10.7 Å². The smallest absolute Gasteiger partial charge is 0.270 e. The topological polar surface area (TPSA) is 91.4 Å². The van der Waals surface area contributed by atoms with Crippen LogP contribution in [0.1, 0.15) is 5.56 Å².